The highest BCUT2D eigenvalue weighted by molar-refractivity contribution is 5.78. The molecule has 0 unspecified atom stereocenters. The van der Waals surface area contributed by atoms with Crippen molar-refractivity contribution in [2.75, 3.05) is 60.6 Å². The fraction of sp³-hybridized carbons (Fsp3) is 0.609. The van der Waals surface area contributed by atoms with Crippen molar-refractivity contribution in [3.63, 3.8) is 0 Å². The molecule has 6 nitrogen and oxygen atoms in total. The van der Waals surface area contributed by atoms with Crippen molar-refractivity contribution in [3.8, 4) is 11.8 Å². The first kappa shape index (κ1) is 21.8. The van der Waals surface area contributed by atoms with Crippen LogP contribution in [0.3, 0.4) is 0 Å². The van der Waals surface area contributed by atoms with E-state index >= 15 is 0 Å². The lowest BCUT2D eigenvalue weighted by atomic mass is 9.74. The maximum atomic E-state index is 12.7. The molecule has 0 aliphatic carbocycles. The minimum Gasteiger partial charge on any atom is -0.395 e. The van der Waals surface area contributed by atoms with Crippen molar-refractivity contribution in [2.45, 2.75) is 30.8 Å². The van der Waals surface area contributed by atoms with E-state index in [0.29, 0.717) is 13.2 Å². The molecule has 29 heavy (non-hydrogen) atoms. The smallest absolute Gasteiger partial charge is 0.236 e. The molecule has 1 aromatic carbocycles. The number of methoxy groups -OCH3 is 1. The zero-order chi connectivity index (χ0) is 20.8. The number of carbonyl (C=O) groups excluding carboxylic acids is 1. The maximum Gasteiger partial charge on any atom is 0.236 e. The number of hydrogen-bond acceptors (Lipinski definition) is 5. The molecule has 2 heterocycles. The number of aliphatic hydroxyl groups is 1. The number of hydrogen-bond donors (Lipinski definition) is 1. The second-order valence-electron chi connectivity index (χ2n) is 8.22. The van der Waals surface area contributed by atoms with Crippen molar-refractivity contribution in [2.24, 2.45) is 0 Å². The highest BCUT2D eigenvalue weighted by Crippen LogP contribution is 2.41. The summed E-state index contributed by atoms with van der Waals surface area (Å²) in [6.07, 6.45) is 2.07. The number of benzene rings is 1. The first-order valence-electron chi connectivity index (χ1n) is 10.4. The topological polar surface area (TPSA) is 56.3 Å². The Morgan fingerprint density at radius 2 is 1.97 bits per heavy atom. The number of amides is 1. The number of aliphatic hydroxyl groups excluding tert-OH is 1. The summed E-state index contributed by atoms with van der Waals surface area (Å²) in [7, 11) is 5.50. The van der Waals surface area contributed by atoms with Gasteiger partial charge in [0.2, 0.25) is 5.91 Å². The van der Waals surface area contributed by atoms with E-state index in [1.807, 2.05) is 36.0 Å². The fourth-order valence-electron chi connectivity index (χ4n) is 4.54. The van der Waals surface area contributed by atoms with E-state index in [0.717, 1.165) is 38.0 Å². The monoisotopic (exact) mass is 399 g/mol. The van der Waals surface area contributed by atoms with Crippen LogP contribution in [0.15, 0.2) is 24.3 Å². The molecule has 2 saturated heterocycles. The molecule has 0 radical (unpaired) electrons. The van der Waals surface area contributed by atoms with Gasteiger partial charge in [0.05, 0.1) is 13.2 Å². The predicted octanol–water partition coefficient (Wildman–Crippen LogP) is 0.997. The van der Waals surface area contributed by atoms with E-state index in [1.165, 1.54) is 5.56 Å². The standard InChI is InChI=1S/C23H33N3O3/c1-24(2)16-22(28)25-12-4-5-13-26-20(15-25)23(21(26)17-27)19-10-8-18(9-11-19)7-6-14-29-3/h8-11,20-21,23,27H,4-5,12-17H2,1-3H3/t20-,21-,23+/m1/s1. The number of likely N-dealkylation sites (N-methyl/N-ethyl adjacent to an activating group) is 1. The highest BCUT2D eigenvalue weighted by atomic mass is 16.5. The summed E-state index contributed by atoms with van der Waals surface area (Å²) >= 11 is 0. The summed E-state index contributed by atoms with van der Waals surface area (Å²) in [4.78, 5) is 19.0. The molecule has 2 aliphatic heterocycles. The minimum atomic E-state index is 0.120. The van der Waals surface area contributed by atoms with Gasteiger partial charge in [-0.15, -0.1) is 0 Å². The van der Waals surface area contributed by atoms with Gasteiger partial charge in [0.15, 0.2) is 0 Å². The Morgan fingerprint density at radius 1 is 1.24 bits per heavy atom. The largest absolute Gasteiger partial charge is 0.395 e. The highest BCUT2D eigenvalue weighted by Gasteiger charge is 2.49. The molecule has 3 rings (SSSR count). The van der Waals surface area contributed by atoms with E-state index in [2.05, 4.69) is 28.9 Å². The molecule has 6 heteroatoms. The third kappa shape index (κ3) is 5.18. The Bertz CT molecular complexity index is 738. The number of ether oxygens (including phenoxy) is 1. The molecule has 0 spiro atoms. The zero-order valence-electron chi connectivity index (χ0n) is 17.8. The fourth-order valence-corrected chi connectivity index (χ4v) is 4.54. The number of carbonyl (C=O) groups is 1. The molecular formula is C23H33N3O3. The van der Waals surface area contributed by atoms with Crippen molar-refractivity contribution in [3.05, 3.63) is 35.4 Å². The van der Waals surface area contributed by atoms with E-state index in [-0.39, 0.29) is 30.5 Å². The lowest BCUT2D eigenvalue weighted by Crippen LogP contribution is -2.68. The second-order valence-corrected chi connectivity index (χ2v) is 8.22. The number of fused-ring (bicyclic) bond motifs is 1. The lowest BCUT2D eigenvalue weighted by Gasteiger charge is -2.57. The molecule has 0 saturated carbocycles. The van der Waals surface area contributed by atoms with Gasteiger partial charge >= 0.3 is 0 Å². The summed E-state index contributed by atoms with van der Waals surface area (Å²) in [6, 6.07) is 8.68. The summed E-state index contributed by atoms with van der Waals surface area (Å²) in [5.41, 5.74) is 2.17. The lowest BCUT2D eigenvalue weighted by molar-refractivity contribution is -0.137. The summed E-state index contributed by atoms with van der Waals surface area (Å²) in [5.74, 6) is 6.49. The van der Waals surface area contributed by atoms with Crippen LogP contribution in [0.2, 0.25) is 0 Å². The SMILES string of the molecule is COCC#Cc1ccc([C@@H]2[C@@H](CO)N3CCCCN(C(=O)CN(C)C)C[C@H]23)cc1. The van der Waals surface area contributed by atoms with Crippen molar-refractivity contribution in [1.29, 1.82) is 0 Å². The van der Waals surface area contributed by atoms with Gasteiger partial charge in [-0.05, 0) is 51.2 Å². The van der Waals surface area contributed by atoms with Gasteiger partial charge in [-0.1, -0.05) is 24.0 Å². The van der Waals surface area contributed by atoms with Gasteiger partial charge < -0.3 is 19.6 Å². The Hall–Kier alpha value is -1.91. The molecule has 1 amide bonds. The Labute approximate surface area is 174 Å². The van der Waals surface area contributed by atoms with Crippen LogP contribution in [0.1, 0.15) is 29.9 Å². The van der Waals surface area contributed by atoms with Crippen LogP contribution in [0.4, 0.5) is 0 Å². The average Bonchev–Trinajstić information content (AvgIpc) is 2.67. The quantitative estimate of drug-likeness (QED) is 0.749. The molecule has 0 aromatic heterocycles. The van der Waals surface area contributed by atoms with Crippen LogP contribution in [-0.2, 0) is 9.53 Å². The third-order valence-corrected chi connectivity index (χ3v) is 5.92. The summed E-state index contributed by atoms with van der Waals surface area (Å²) in [5, 5.41) is 10.0. The molecule has 2 aliphatic rings. The maximum absolute atomic E-state index is 12.7. The molecule has 158 valence electrons. The number of rotatable bonds is 5. The van der Waals surface area contributed by atoms with Crippen LogP contribution in [0.5, 0.6) is 0 Å². The van der Waals surface area contributed by atoms with E-state index in [9.17, 15) is 9.90 Å². The van der Waals surface area contributed by atoms with Gasteiger partial charge in [-0.2, -0.15) is 0 Å². The van der Waals surface area contributed by atoms with Crippen LogP contribution < -0.4 is 0 Å². The normalized spacial score (nSPS) is 24.7. The van der Waals surface area contributed by atoms with Crippen molar-refractivity contribution in [1.82, 2.24) is 14.7 Å². The third-order valence-electron chi connectivity index (χ3n) is 5.92. The van der Waals surface area contributed by atoms with Gasteiger partial charge in [0, 0.05) is 43.8 Å². The van der Waals surface area contributed by atoms with Crippen molar-refractivity contribution >= 4 is 5.91 Å². The average molecular weight is 400 g/mol. The van der Waals surface area contributed by atoms with Crippen LogP contribution in [-0.4, -0.2) is 98.4 Å². The van der Waals surface area contributed by atoms with Gasteiger partial charge in [0.25, 0.3) is 0 Å². The van der Waals surface area contributed by atoms with E-state index < -0.39 is 0 Å². The van der Waals surface area contributed by atoms with Gasteiger partial charge in [-0.3, -0.25) is 9.69 Å². The molecule has 1 N–H and O–H groups in total. The zero-order valence-corrected chi connectivity index (χ0v) is 17.8. The molecule has 3 atom stereocenters. The molecular weight excluding hydrogens is 366 g/mol. The Balaban J connectivity index is 1.77. The van der Waals surface area contributed by atoms with Gasteiger partial charge in [0.1, 0.15) is 6.61 Å². The summed E-state index contributed by atoms with van der Waals surface area (Å²) in [6.45, 7) is 3.54. The Kier molecular flexibility index (Phi) is 7.68. The van der Waals surface area contributed by atoms with Crippen molar-refractivity contribution < 1.29 is 14.6 Å². The number of nitrogens with zero attached hydrogens (tertiary/aromatic N) is 3. The summed E-state index contributed by atoms with van der Waals surface area (Å²) < 4.78 is 4.97. The first-order chi connectivity index (χ1) is 14.0. The second kappa shape index (κ2) is 10.2. The van der Waals surface area contributed by atoms with E-state index in [4.69, 9.17) is 4.74 Å². The molecule has 2 fully saturated rings. The van der Waals surface area contributed by atoms with Crippen LogP contribution in [0, 0.1) is 11.8 Å². The van der Waals surface area contributed by atoms with Crippen LogP contribution >= 0.6 is 0 Å². The van der Waals surface area contributed by atoms with Crippen LogP contribution in [0.25, 0.3) is 0 Å². The van der Waals surface area contributed by atoms with Gasteiger partial charge in [-0.25, -0.2) is 0 Å². The predicted molar refractivity (Wildman–Crippen MR) is 114 cm³/mol. The molecule has 1 aromatic rings. The minimum absolute atomic E-state index is 0.120. The Morgan fingerprint density at radius 3 is 2.62 bits per heavy atom. The van der Waals surface area contributed by atoms with E-state index in [1.54, 1.807) is 7.11 Å². The first-order valence-corrected chi connectivity index (χ1v) is 10.4. The molecule has 0 bridgehead atoms.